The second-order valence-electron chi connectivity index (χ2n) is 7.81. The van der Waals surface area contributed by atoms with Gasteiger partial charge in [-0.25, -0.2) is 4.98 Å². The van der Waals surface area contributed by atoms with E-state index in [0.717, 1.165) is 53.2 Å². The van der Waals surface area contributed by atoms with E-state index in [1.165, 1.54) is 0 Å². The third kappa shape index (κ3) is 4.59. The van der Waals surface area contributed by atoms with Gasteiger partial charge in [0.1, 0.15) is 5.82 Å². The van der Waals surface area contributed by atoms with Crippen LogP contribution < -0.4 is 0 Å². The lowest BCUT2D eigenvalue weighted by Crippen LogP contribution is -2.12. The van der Waals surface area contributed by atoms with Gasteiger partial charge in [0.2, 0.25) is 0 Å². The van der Waals surface area contributed by atoms with Crippen molar-refractivity contribution < 1.29 is 0 Å². The van der Waals surface area contributed by atoms with Gasteiger partial charge in [-0.2, -0.15) is 5.26 Å². The van der Waals surface area contributed by atoms with Crippen LogP contribution in [0.4, 0.5) is 0 Å². The third-order valence-corrected chi connectivity index (χ3v) is 5.59. The van der Waals surface area contributed by atoms with Gasteiger partial charge in [-0.1, -0.05) is 111 Å². The van der Waals surface area contributed by atoms with Gasteiger partial charge in [0.15, 0.2) is 0 Å². The largest absolute Gasteiger partial charge is 0.322 e. The first-order chi connectivity index (χ1) is 15.3. The van der Waals surface area contributed by atoms with E-state index in [2.05, 4.69) is 66.1 Å². The quantitative estimate of drug-likeness (QED) is 0.311. The van der Waals surface area contributed by atoms with Crippen LogP contribution in [0.15, 0.2) is 91.0 Å². The number of nitriles is 1. The molecule has 3 aromatic carbocycles. The highest BCUT2D eigenvalue weighted by atomic mass is 15.1. The summed E-state index contributed by atoms with van der Waals surface area (Å²) in [4.78, 5) is 5.15. The van der Waals surface area contributed by atoms with Crippen molar-refractivity contribution in [2.45, 2.75) is 32.7 Å². The fraction of sp³-hybridized carbons (Fsp3) is 0.214. The number of rotatable bonds is 8. The SMILES string of the molecule is CCCCC(C#N)Cn1c(-c2ccccc2)nc(-c2ccccc2)c1-c1ccccc1. The highest BCUT2D eigenvalue weighted by Crippen LogP contribution is 2.37. The summed E-state index contributed by atoms with van der Waals surface area (Å²) in [5, 5.41) is 9.88. The van der Waals surface area contributed by atoms with Gasteiger partial charge in [0.25, 0.3) is 0 Å². The Morgan fingerprint density at radius 3 is 1.90 bits per heavy atom. The zero-order chi connectivity index (χ0) is 21.5. The van der Waals surface area contributed by atoms with Crippen LogP contribution in [0.1, 0.15) is 26.2 Å². The van der Waals surface area contributed by atoms with E-state index in [-0.39, 0.29) is 5.92 Å². The van der Waals surface area contributed by atoms with Crippen molar-refractivity contribution in [3.05, 3.63) is 91.0 Å². The van der Waals surface area contributed by atoms with Crippen LogP contribution in [-0.2, 0) is 6.54 Å². The van der Waals surface area contributed by atoms with Crippen LogP contribution in [0.5, 0.6) is 0 Å². The summed E-state index contributed by atoms with van der Waals surface area (Å²) in [7, 11) is 0. The van der Waals surface area contributed by atoms with Crippen LogP contribution in [0.2, 0.25) is 0 Å². The molecule has 0 bridgehead atoms. The van der Waals surface area contributed by atoms with E-state index in [1.54, 1.807) is 0 Å². The molecule has 0 N–H and O–H groups in total. The number of nitrogens with zero attached hydrogens (tertiary/aromatic N) is 3. The second-order valence-corrected chi connectivity index (χ2v) is 7.81. The van der Waals surface area contributed by atoms with E-state index >= 15 is 0 Å². The number of aromatic nitrogens is 2. The molecule has 4 aromatic rings. The van der Waals surface area contributed by atoms with E-state index < -0.39 is 0 Å². The molecule has 0 amide bonds. The maximum absolute atomic E-state index is 9.88. The summed E-state index contributed by atoms with van der Waals surface area (Å²) in [6, 6.07) is 33.6. The van der Waals surface area contributed by atoms with Crippen molar-refractivity contribution in [3.63, 3.8) is 0 Å². The first-order valence-corrected chi connectivity index (χ1v) is 11.0. The maximum Gasteiger partial charge on any atom is 0.141 e. The Morgan fingerprint density at radius 1 is 0.806 bits per heavy atom. The first kappa shape index (κ1) is 20.6. The molecule has 0 radical (unpaired) electrons. The molecule has 3 nitrogen and oxygen atoms in total. The van der Waals surface area contributed by atoms with E-state index in [4.69, 9.17) is 4.98 Å². The number of benzene rings is 3. The monoisotopic (exact) mass is 405 g/mol. The fourth-order valence-corrected chi connectivity index (χ4v) is 3.99. The standard InChI is InChI=1S/C28H27N3/c1-2-3-13-22(20-29)21-31-27(24-16-9-5-10-17-24)26(23-14-7-4-8-15-23)30-28(31)25-18-11-6-12-19-25/h4-12,14-19,22H,2-3,13,21H2,1H3. The van der Waals surface area contributed by atoms with Crippen molar-refractivity contribution in [3.8, 4) is 40.0 Å². The Hall–Kier alpha value is -3.64. The molecule has 0 saturated heterocycles. The molecule has 3 heteroatoms. The molecule has 4 rings (SSSR count). The Kier molecular flexibility index (Phi) is 6.59. The third-order valence-electron chi connectivity index (χ3n) is 5.59. The van der Waals surface area contributed by atoms with Gasteiger partial charge in [0, 0.05) is 23.2 Å². The Bertz CT molecular complexity index is 1140. The minimum atomic E-state index is -0.0531. The average Bonchev–Trinajstić information content (AvgIpc) is 3.22. The molecule has 0 spiro atoms. The second kappa shape index (κ2) is 9.91. The molecular weight excluding hydrogens is 378 g/mol. The lowest BCUT2D eigenvalue weighted by atomic mass is 10.0. The minimum absolute atomic E-state index is 0.0531. The molecule has 1 atom stereocenters. The van der Waals surface area contributed by atoms with Crippen molar-refractivity contribution >= 4 is 0 Å². The molecule has 154 valence electrons. The molecule has 0 aliphatic rings. The van der Waals surface area contributed by atoms with Gasteiger partial charge in [-0.15, -0.1) is 0 Å². The summed E-state index contributed by atoms with van der Waals surface area (Å²) in [6.07, 6.45) is 3.04. The topological polar surface area (TPSA) is 41.6 Å². The molecule has 0 fully saturated rings. The van der Waals surface area contributed by atoms with Gasteiger partial charge < -0.3 is 4.57 Å². The van der Waals surface area contributed by atoms with Crippen molar-refractivity contribution in [2.75, 3.05) is 0 Å². The van der Waals surface area contributed by atoms with Crippen molar-refractivity contribution in [1.29, 1.82) is 5.26 Å². The summed E-state index contributed by atoms with van der Waals surface area (Å²) in [5.41, 5.74) is 5.29. The van der Waals surface area contributed by atoms with Gasteiger partial charge in [-0.3, -0.25) is 0 Å². The fourth-order valence-electron chi connectivity index (χ4n) is 3.99. The molecule has 1 heterocycles. The van der Waals surface area contributed by atoms with Gasteiger partial charge in [-0.05, 0) is 6.42 Å². The summed E-state index contributed by atoms with van der Waals surface area (Å²) >= 11 is 0. The predicted molar refractivity (Wildman–Crippen MR) is 127 cm³/mol. The molecular formula is C28H27N3. The first-order valence-electron chi connectivity index (χ1n) is 11.0. The van der Waals surface area contributed by atoms with Crippen LogP contribution in [-0.4, -0.2) is 9.55 Å². The van der Waals surface area contributed by atoms with Crippen LogP contribution in [0.25, 0.3) is 33.9 Å². The zero-order valence-electron chi connectivity index (χ0n) is 17.9. The van der Waals surface area contributed by atoms with Gasteiger partial charge in [0.05, 0.1) is 23.4 Å². The number of unbranched alkanes of at least 4 members (excludes halogenated alkanes) is 1. The smallest absolute Gasteiger partial charge is 0.141 e. The maximum atomic E-state index is 9.88. The van der Waals surface area contributed by atoms with E-state index in [9.17, 15) is 5.26 Å². The number of imidazole rings is 1. The van der Waals surface area contributed by atoms with E-state index in [0.29, 0.717) is 6.54 Å². The molecule has 0 saturated carbocycles. The van der Waals surface area contributed by atoms with Crippen molar-refractivity contribution in [2.24, 2.45) is 5.92 Å². The summed E-state index contributed by atoms with van der Waals surface area (Å²) in [5.74, 6) is 0.859. The normalized spacial score (nSPS) is 11.7. The average molecular weight is 406 g/mol. The summed E-state index contributed by atoms with van der Waals surface area (Å²) in [6.45, 7) is 2.80. The van der Waals surface area contributed by atoms with Crippen LogP contribution >= 0.6 is 0 Å². The van der Waals surface area contributed by atoms with Gasteiger partial charge >= 0.3 is 0 Å². The zero-order valence-corrected chi connectivity index (χ0v) is 17.9. The molecule has 1 unspecified atom stereocenters. The summed E-state index contributed by atoms with van der Waals surface area (Å²) < 4.78 is 2.26. The lowest BCUT2D eigenvalue weighted by molar-refractivity contribution is 0.491. The minimum Gasteiger partial charge on any atom is -0.322 e. The molecule has 31 heavy (non-hydrogen) atoms. The molecule has 0 aliphatic carbocycles. The van der Waals surface area contributed by atoms with E-state index in [1.807, 2.05) is 42.5 Å². The molecule has 1 aromatic heterocycles. The van der Waals surface area contributed by atoms with Crippen LogP contribution in [0, 0.1) is 17.2 Å². The highest BCUT2D eigenvalue weighted by molar-refractivity contribution is 5.82. The Balaban J connectivity index is 1.95. The lowest BCUT2D eigenvalue weighted by Gasteiger charge is -2.16. The van der Waals surface area contributed by atoms with Crippen LogP contribution in [0.3, 0.4) is 0 Å². The highest BCUT2D eigenvalue weighted by Gasteiger charge is 2.23. The molecule has 0 aliphatic heterocycles. The predicted octanol–water partition coefficient (Wildman–Crippen LogP) is 7.21. The number of hydrogen-bond donors (Lipinski definition) is 0. The Labute approximate surface area is 184 Å². The Morgan fingerprint density at radius 2 is 1.35 bits per heavy atom. The van der Waals surface area contributed by atoms with Crippen molar-refractivity contribution in [1.82, 2.24) is 9.55 Å². The number of hydrogen-bond acceptors (Lipinski definition) is 2.